The molecule has 0 aliphatic heterocycles. The van der Waals surface area contributed by atoms with Crippen molar-refractivity contribution >= 4 is 44.2 Å². The van der Waals surface area contributed by atoms with Crippen molar-refractivity contribution in [1.82, 2.24) is 4.98 Å². The molecule has 146 valence electrons. The van der Waals surface area contributed by atoms with Gasteiger partial charge in [0.15, 0.2) is 5.13 Å². The number of anilines is 2. The fraction of sp³-hybridized carbons (Fsp3) is 0.286. The number of rotatable bonds is 7. The van der Waals surface area contributed by atoms with Gasteiger partial charge in [-0.15, -0.1) is 0 Å². The molecule has 3 aromatic rings. The molecule has 2 amide bonds. The van der Waals surface area contributed by atoms with Crippen LogP contribution in [0.5, 0.6) is 5.75 Å². The third kappa shape index (κ3) is 4.86. The molecule has 0 unspecified atom stereocenters. The third-order valence-electron chi connectivity index (χ3n) is 4.22. The highest BCUT2D eigenvalue weighted by Crippen LogP contribution is 2.29. The Kier molecular flexibility index (Phi) is 6.26. The third-order valence-corrected chi connectivity index (χ3v) is 5.16. The van der Waals surface area contributed by atoms with Gasteiger partial charge in [-0.1, -0.05) is 31.3 Å². The van der Waals surface area contributed by atoms with Crippen molar-refractivity contribution in [1.29, 1.82) is 0 Å². The molecule has 0 bridgehead atoms. The van der Waals surface area contributed by atoms with Crippen molar-refractivity contribution < 1.29 is 14.3 Å². The number of aromatic nitrogens is 1. The largest absolute Gasteiger partial charge is 0.491 e. The minimum absolute atomic E-state index is 0.0768. The minimum atomic E-state index is -0.210. The monoisotopic (exact) mass is 397 g/mol. The van der Waals surface area contributed by atoms with Crippen LogP contribution in [-0.2, 0) is 4.79 Å². The Balaban J connectivity index is 1.74. The number of carbonyl (C=O) groups is 2. The average molecular weight is 398 g/mol. The molecule has 1 atom stereocenters. The second kappa shape index (κ2) is 8.84. The highest BCUT2D eigenvalue weighted by Gasteiger charge is 2.11. The van der Waals surface area contributed by atoms with Crippen molar-refractivity contribution in [2.24, 2.45) is 0 Å². The number of carbonyl (C=O) groups excluding carboxylic acids is 2. The molecular weight excluding hydrogens is 374 g/mol. The number of fused-ring (bicyclic) bond motifs is 1. The fourth-order valence-electron chi connectivity index (χ4n) is 2.49. The Bertz CT molecular complexity index is 999. The van der Waals surface area contributed by atoms with Crippen LogP contribution in [-0.4, -0.2) is 22.9 Å². The molecule has 7 heteroatoms. The molecule has 0 spiro atoms. The van der Waals surface area contributed by atoms with E-state index in [0.717, 1.165) is 16.6 Å². The van der Waals surface area contributed by atoms with Gasteiger partial charge < -0.3 is 15.4 Å². The van der Waals surface area contributed by atoms with Crippen molar-refractivity contribution in [3.8, 4) is 5.75 Å². The molecule has 6 nitrogen and oxygen atoms in total. The van der Waals surface area contributed by atoms with E-state index in [4.69, 9.17) is 4.74 Å². The van der Waals surface area contributed by atoms with Crippen LogP contribution in [0.4, 0.5) is 10.8 Å². The molecule has 0 aliphatic rings. The van der Waals surface area contributed by atoms with Gasteiger partial charge in [-0.3, -0.25) is 9.59 Å². The second-order valence-corrected chi connectivity index (χ2v) is 7.45. The Labute approximate surface area is 167 Å². The van der Waals surface area contributed by atoms with E-state index < -0.39 is 0 Å². The zero-order valence-corrected chi connectivity index (χ0v) is 16.9. The minimum Gasteiger partial charge on any atom is -0.491 e. The number of thiazole rings is 1. The Morgan fingerprint density at radius 2 is 1.96 bits per heavy atom. The molecule has 2 aromatic carbocycles. The van der Waals surface area contributed by atoms with E-state index in [2.05, 4.69) is 22.5 Å². The standard InChI is InChI=1S/C21H23N3O3S/c1-4-13(3)27-16-8-6-7-14(11-16)20(26)22-15-9-10-17-18(12-15)28-21(23-17)24-19(25)5-2/h6-13H,4-5H2,1-3H3,(H,22,26)(H,23,24,25)/t13-/m1/s1. The second-order valence-electron chi connectivity index (χ2n) is 6.42. The van der Waals surface area contributed by atoms with Gasteiger partial charge in [-0.05, 0) is 49.7 Å². The Hall–Kier alpha value is -2.93. The van der Waals surface area contributed by atoms with Crippen LogP contribution in [0.1, 0.15) is 44.0 Å². The van der Waals surface area contributed by atoms with E-state index in [1.54, 1.807) is 25.1 Å². The van der Waals surface area contributed by atoms with E-state index in [0.29, 0.717) is 28.6 Å². The van der Waals surface area contributed by atoms with Crippen molar-refractivity contribution in [3.63, 3.8) is 0 Å². The SMILES string of the molecule is CCC(=O)Nc1nc2ccc(NC(=O)c3cccc(O[C@H](C)CC)c3)cc2s1. The first-order valence-electron chi connectivity index (χ1n) is 9.27. The van der Waals surface area contributed by atoms with Gasteiger partial charge >= 0.3 is 0 Å². The van der Waals surface area contributed by atoms with E-state index in [1.807, 2.05) is 31.2 Å². The predicted octanol–water partition coefficient (Wildman–Crippen LogP) is 5.07. The van der Waals surface area contributed by atoms with E-state index in [9.17, 15) is 9.59 Å². The van der Waals surface area contributed by atoms with Gasteiger partial charge in [0.25, 0.3) is 5.91 Å². The highest BCUT2D eigenvalue weighted by atomic mass is 32.1. The first kappa shape index (κ1) is 19.8. The molecule has 0 radical (unpaired) electrons. The number of benzene rings is 2. The lowest BCUT2D eigenvalue weighted by Crippen LogP contribution is -2.13. The maximum absolute atomic E-state index is 12.6. The summed E-state index contributed by atoms with van der Waals surface area (Å²) in [7, 11) is 0. The fourth-order valence-corrected chi connectivity index (χ4v) is 3.41. The number of hydrogen-bond donors (Lipinski definition) is 2. The average Bonchev–Trinajstić information content (AvgIpc) is 3.09. The molecule has 2 N–H and O–H groups in total. The molecule has 1 aromatic heterocycles. The molecule has 1 heterocycles. The van der Waals surface area contributed by atoms with Gasteiger partial charge in [0.05, 0.1) is 16.3 Å². The molecule has 0 saturated carbocycles. The van der Waals surface area contributed by atoms with E-state index in [-0.39, 0.29) is 17.9 Å². The normalized spacial score (nSPS) is 11.8. The van der Waals surface area contributed by atoms with Crippen LogP contribution in [0.15, 0.2) is 42.5 Å². The summed E-state index contributed by atoms with van der Waals surface area (Å²) in [5, 5.41) is 6.22. The lowest BCUT2D eigenvalue weighted by molar-refractivity contribution is -0.115. The highest BCUT2D eigenvalue weighted by molar-refractivity contribution is 7.22. The van der Waals surface area contributed by atoms with Gasteiger partial charge in [-0.2, -0.15) is 0 Å². The maximum Gasteiger partial charge on any atom is 0.255 e. The van der Waals surface area contributed by atoms with Crippen LogP contribution in [0.3, 0.4) is 0 Å². The van der Waals surface area contributed by atoms with E-state index in [1.165, 1.54) is 11.3 Å². The molecule has 3 rings (SSSR count). The van der Waals surface area contributed by atoms with Gasteiger partial charge in [0, 0.05) is 17.7 Å². The Morgan fingerprint density at radius 1 is 1.14 bits per heavy atom. The first-order valence-corrected chi connectivity index (χ1v) is 10.1. The summed E-state index contributed by atoms with van der Waals surface area (Å²) in [6.45, 7) is 5.84. The van der Waals surface area contributed by atoms with Gasteiger partial charge in [0.2, 0.25) is 5.91 Å². The Morgan fingerprint density at radius 3 is 2.71 bits per heavy atom. The molecule has 28 heavy (non-hydrogen) atoms. The quantitative estimate of drug-likeness (QED) is 0.583. The summed E-state index contributed by atoms with van der Waals surface area (Å²) in [6, 6.07) is 12.6. The summed E-state index contributed by atoms with van der Waals surface area (Å²) in [4.78, 5) is 28.5. The number of nitrogens with zero attached hydrogens (tertiary/aromatic N) is 1. The summed E-state index contributed by atoms with van der Waals surface area (Å²) < 4.78 is 6.67. The number of hydrogen-bond acceptors (Lipinski definition) is 5. The summed E-state index contributed by atoms with van der Waals surface area (Å²) in [6.07, 6.45) is 1.39. The first-order chi connectivity index (χ1) is 13.5. The lowest BCUT2D eigenvalue weighted by atomic mass is 10.2. The summed E-state index contributed by atoms with van der Waals surface area (Å²) in [5.41, 5.74) is 1.97. The van der Waals surface area contributed by atoms with Crippen molar-refractivity contribution in [3.05, 3.63) is 48.0 Å². The van der Waals surface area contributed by atoms with Crippen LogP contribution < -0.4 is 15.4 Å². The topological polar surface area (TPSA) is 80.3 Å². The zero-order chi connectivity index (χ0) is 20.1. The number of ether oxygens (including phenoxy) is 1. The molecule has 0 fully saturated rings. The zero-order valence-electron chi connectivity index (χ0n) is 16.1. The molecule has 0 aliphatic carbocycles. The lowest BCUT2D eigenvalue weighted by Gasteiger charge is -2.13. The van der Waals surface area contributed by atoms with E-state index >= 15 is 0 Å². The summed E-state index contributed by atoms with van der Waals surface area (Å²) in [5.74, 6) is 0.390. The van der Waals surface area contributed by atoms with Gasteiger partial charge in [0.1, 0.15) is 5.75 Å². The van der Waals surface area contributed by atoms with Crippen LogP contribution in [0.2, 0.25) is 0 Å². The van der Waals surface area contributed by atoms with Gasteiger partial charge in [-0.25, -0.2) is 4.98 Å². The maximum atomic E-state index is 12.6. The smallest absolute Gasteiger partial charge is 0.255 e. The van der Waals surface area contributed by atoms with Crippen molar-refractivity contribution in [2.45, 2.75) is 39.7 Å². The predicted molar refractivity (Wildman–Crippen MR) is 113 cm³/mol. The van der Waals surface area contributed by atoms with Crippen LogP contribution in [0, 0.1) is 0 Å². The van der Waals surface area contributed by atoms with Crippen molar-refractivity contribution in [2.75, 3.05) is 10.6 Å². The van der Waals surface area contributed by atoms with Crippen LogP contribution >= 0.6 is 11.3 Å². The number of amides is 2. The molecular formula is C21H23N3O3S. The molecule has 0 saturated heterocycles. The number of nitrogens with one attached hydrogen (secondary N) is 2. The van der Waals surface area contributed by atoms with Crippen LogP contribution in [0.25, 0.3) is 10.2 Å². The summed E-state index contributed by atoms with van der Waals surface area (Å²) >= 11 is 1.38.